The Kier molecular flexibility index (Phi) is 4.94. The number of piperidine rings is 1. The number of ketones is 1. The third kappa shape index (κ3) is 3.41. The number of aliphatic hydroxyl groups excluding tert-OH is 1. The Labute approximate surface area is 133 Å². The number of hydrogen-bond acceptors (Lipinski definition) is 3. The van der Waals surface area contributed by atoms with Crippen molar-refractivity contribution in [2.75, 3.05) is 13.1 Å². The van der Waals surface area contributed by atoms with Crippen molar-refractivity contribution < 1.29 is 9.90 Å². The molecular formula is C19H27NO2. The monoisotopic (exact) mass is 301 g/mol. The lowest BCUT2D eigenvalue weighted by atomic mass is 9.85. The summed E-state index contributed by atoms with van der Waals surface area (Å²) in [6.07, 6.45) is 6.11. The molecule has 1 aliphatic heterocycles. The van der Waals surface area contributed by atoms with E-state index in [0.717, 1.165) is 50.8 Å². The zero-order valence-electron chi connectivity index (χ0n) is 13.5. The lowest BCUT2D eigenvalue weighted by Gasteiger charge is -2.41. The van der Waals surface area contributed by atoms with Gasteiger partial charge in [-0.15, -0.1) is 0 Å². The largest absolute Gasteiger partial charge is 0.391 e. The molecule has 1 heterocycles. The number of likely N-dealkylation sites (tertiary alicyclic amines) is 1. The molecular weight excluding hydrogens is 274 g/mol. The van der Waals surface area contributed by atoms with Gasteiger partial charge >= 0.3 is 0 Å². The number of Topliss-reactive ketones (excluding diaryl/α,β-unsaturated/α-hetero) is 1. The topological polar surface area (TPSA) is 40.5 Å². The van der Waals surface area contributed by atoms with Gasteiger partial charge in [-0.2, -0.15) is 0 Å². The molecule has 0 amide bonds. The van der Waals surface area contributed by atoms with Crippen molar-refractivity contribution in [1.82, 2.24) is 4.90 Å². The number of benzene rings is 1. The highest BCUT2D eigenvalue weighted by Crippen LogP contribution is 2.28. The highest BCUT2D eigenvalue weighted by Gasteiger charge is 2.33. The quantitative estimate of drug-likeness (QED) is 0.872. The molecule has 1 aliphatic carbocycles. The fourth-order valence-corrected chi connectivity index (χ4v) is 3.96. The van der Waals surface area contributed by atoms with Crippen LogP contribution in [0.15, 0.2) is 24.3 Å². The minimum atomic E-state index is -0.168. The molecule has 120 valence electrons. The maximum atomic E-state index is 12.6. The maximum Gasteiger partial charge on any atom is 0.166 e. The number of carbonyl (C=O) groups is 1. The lowest BCUT2D eigenvalue weighted by Crippen LogP contribution is -2.49. The first-order valence-electron chi connectivity index (χ1n) is 8.68. The normalized spacial score (nSPS) is 27.7. The molecule has 1 N–H and O–H groups in total. The van der Waals surface area contributed by atoms with Gasteiger partial charge in [-0.3, -0.25) is 9.69 Å². The summed E-state index contributed by atoms with van der Waals surface area (Å²) in [6.45, 7) is 3.94. The average Bonchev–Trinajstić information content (AvgIpc) is 2.56. The standard InChI is InChI=1S/C19H27NO2/c1-14-6-8-15(9-7-14)19(22)16-10-12-20(13-11-16)17-4-2-3-5-18(17)21/h6-9,16-18,21H,2-5,10-13H2,1H3. The molecule has 3 nitrogen and oxygen atoms in total. The molecule has 1 aromatic rings. The van der Waals surface area contributed by atoms with E-state index in [1.807, 2.05) is 31.2 Å². The van der Waals surface area contributed by atoms with Crippen LogP contribution >= 0.6 is 0 Å². The Hall–Kier alpha value is -1.19. The lowest BCUT2D eigenvalue weighted by molar-refractivity contribution is 0.00500. The summed E-state index contributed by atoms with van der Waals surface area (Å²) in [5.74, 6) is 0.448. The number of nitrogens with zero attached hydrogens (tertiary/aromatic N) is 1. The second-order valence-corrected chi connectivity index (χ2v) is 6.96. The fraction of sp³-hybridized carbons (Fsp3) is 0.632. The molecule has 2 aliphatic rings. The summed E-state index contributed by atoms with van der Waals surface area (Å²) in [7, 11) is 0. The average molecular weight is 301 g/mol. The first-order valence-corrected chi connectivity index (χ1v) is 8.68. The first-order chi connectivity index (χ1) is 10.6. The second-order valence-electron chi connectivity index (χ2n) is 6.96. The first kappa shape index (κ1) is 15.7. The van der Waals surface area contributed by atoms with E-state index < -0.39 is 0 Å². The van der Waals surface area contributed by atoms with Crippen LogP contribution in [0.25, 0.3) is 0 Å². The number of carbonyl (C=O) groups excluding carboxylic acids is 1. The highest BCUT2D eigenvalue weighted by molar-refractivity contribution is 5.97. The summed E-state index contributed by atoms with van der Waals surface area (Å²) in [5.41, 5.74) is 2.04. The summed E-state index contributed by atoms with van der Waals surface area (Å²) >= 11 is 0. The van der Waals surface area contributed by atoms with Crippen LogP contribution < -0.4 is 0 Å². The zero-order valence-corrected chi connectivity index (χ0v) is 13.5. The molecule has 0 spiro atoms. The van der Waals surface area contributed by atoms with Crippen molar-refractivity contribution in [3.8, 4) is 0 Å². The van der Waals surface area contributed by atoms with Gasteiger partial charge in [-0.1, -0.05) is 42.7 Å². The van der Waals surface area contributed by atoms with E-state index >= 15 is 0 Å². The number of aliphatic hydroxyl groups is 1. The van der Waals surface area contributed by atoms with Crippen LogP contribution in [0.5, 0.6) is 0 Å². The molecule has 1 saturated heterocycles. The van der Waals surface area contributed by atoms with Crippen LogP contribution in [0.4, 0.5) is 0 Å². The third-order valence-electron chi connectivity index (χ3n) is 5.40. The predicted molar refractivity (Wildman–Crippen MR) is 88.1 cm³/mol. The highest BCUT2D eigenvalue weighted by atomic mass is 16.3. The summed E-state index contributed by atoms with van der Waals surface area (Å²) in [4.78, 5) is 15.0. The third-order valence-corrected chi connectivity index (χ3v) is 5.40. The molecule has 0 aromatic heterocycles. The molecule has 2 unspecified atom stereocenters. The van der Waals surface area contributed by atoms with Crippen LogP contribution in [0.1, 0.15) is 54.4 Å². The Morgan fingerprint density at radius 3 is 2.32 bits per heavy atom. The van der Waals surface area contributed by atoms with Crippen LogP contribution in [-0.2, 0) is 0 Å². The van der Waals surface area contributed by atoms with Crippen molar-refractivity contribution in [2.45, 2.75) is 57.6 Å². The second kappa shape index (κ2) is 6.93. The molecule has 2 atom stereocenters. The van der Waals surface area contributed by atoms with Crippen molar-refractivity contribution in [2.24, 2.45) is 5.92 Å². The molecule has 3 heteroatoms. The molecule has 2 fully saturated rings. The summed E-state index contributed by atoms with van der Waals surface area (Å²) in [5, 5.41) is 10.2. The van der Waals surface area contributed by atoms with Crippen molar-refractivity contribution >= 4 is 5.78 Å². The van der Waals surface area contributed by atoms with Gasteiger partial charge in [0.2, 0.25) is 0 Å². The van der Waals surface area contributed by atoms with E-state index in [1.54, 1.807) is 0 Å². The predicted octanol–water partition coefficient (Wildman–Crippen LogP) is 3.19. The molecule has 0 radical (unpaired) electrons. The Balaban J connectivity index is 1.57. The van der Waals surface area contributed by atoms with Gasteiger partial charge in [0, 0.05) is 17.5 Å². The Bertz CT molecular complexity index is 503. The van der Waals surface area contributed by atoms with Gasteiger partial charge in [0.1, 0.15) is 0 Å². The Morgan fingerprint density at radius 1 is 1.05 bits per heavy atom. The van der Waals surface area contributed by atoms with Gasteiger partial charge in [0.25, 0.3) is 0 Å². The van der Waals surface area contributed by atoms with Gasteiger partial charge in [-0.25, -0.2) is 0 Å². The van der Waals surface area contributed by atoms with Crippen LogP contribution in [0, 0.1) is 12.8 Å². The van der Waals surface area contributed by atoms with Crippen LogP contribution in [-0.4, -0.2) is 41.0 Å². The van der Waals surface area contributed by atoms with Gasteiger partial charge in [0.15, 0.2) is 5.78 Å². The van der Waals surface area contributed by atoms with E-state index in [0.29, 0.717) is 11.8 Å². The number of aryl methyl sites for hydroxylation is 1. The van der Waals surface area contributed by atoms with Gasteiger partial charge in [-0.05, 0) is 45.7 Å². The van der Waals surface area contributed by atoms with Crippen molar-refractivity contribution in [1.29, 1.82) is 0 Å². The summed E-state index contributed by atoms with van der Waals surface area (Å²) in [6, 6.07) is 8.26. The molecule has 22 heavy (non-hydrogen) atoms. The summed E-state index contributed by atoms with van der Waals surface area (Å²) < 4.78 is 0. The molecule has 3 rings (SSSR count). The van der Waals surface area contributed by atoms with Crippen molar-refractivity contribution in [3.63, 3.8) is 0 Å². The minimum absolute atomic E-state index is 0.152. The van der Waals surface area contributed by atoms with Crippen molar-refractivity contribution in [3.05, 3.63) is 35.4 Å². The van der Waals surface area contributed by atoms with E-state index in [1.165, 1.54) is 12.0 Å². The molecule has 0 bridgehead atoms. The minimum Gasteiger partial charge on any atom is -0.391 e. The van der Waals surface area contributed by atoms with E-state index in [2.05, 4.69) is 4.90 Å². The van der Waals surface area contributed by atoms with Crippen LogP contribution in [0.3, 0.4) is 0 Å². The zero-order chi connectivity index (χ0) is 15.5. The smallest absolute Gasteiger partial charge is 0.166 e. The maximum absolute atomic E-state index is 12.6. The van der Waals surface area contributed by atoms with Gasteiger partial charge < -0.3 is 5.11 Å². The molecule has 1 saturated carbocycles. The van der Waals surface area contributed by atoms with Gasteiger partial charge in [0.05, 0.1) is 6.10 Å². The molecule has 1 aromatic carbocycles. The van der Waals surface area contributed by atoms with E-state index in [9.17, 15) is 9.90 Å². The van der Waals surface area contributed by atoms with E-state index in [4.69, 9.17) is 0 Å². The number of rotatable bonds is 3. The fourth-order valence-electron chi connectivity index (χ4n) is 3.96. The Morgan fingerprint density at radius 2 is 1.68 bits per heavy atom. The van der Waals surface area contributed by atoms with Crippen LogP contribution in [0.2, 0.25) is 0 Å². The SMILES string of the molecule is Cc1ccc(C(=O)C2CCN(C3CCCCC3O)CC2)cc1. The van der Waals surface area contributed by atoms with E-state index in [-0.39, 0.29) is 12.0 Å². The number of hydrogen-bond donors (Lipinski definition) is 1.